The van der Waals surface area contributed by atoms with Gasteiger partial charge in [-0.2, -0.15) is 13.2 Å². The number of aliphatic imine (C=N–C) groups is 1. The Morgan fingerprint density at radius 1 is 1.17 bits per heavy atom. The Morgan fingerprint density at radius 2 is 1.80 bits per heavy atom. The summed E-state index contributed by atoms with van der Waals surface area (Å²) in [5.74, 6) is -5.51. The predicted molar refractivity (Wildman–Crippen MR) is 113 cm³/mol. The second-order valence-electron chi connectivity index (χ2n) is 6.85. The molecule has 1 aromatic heterocycles. The summed E-state index contributed by atoms with van der Waals surface area (Å²) < 4.78 is 54.1. The van der Waals surface area contributed by atoms with Crippen LogP contribution in [0.15, 0.2) is 32.8 Å². The first-order valence-electron chi connectivity index (χ1n) is 9.04. The molecule has 3 rings (SSSR count). The van der Waals surface area contributed by atoms with E-state index >= 15 is 0 Å². The Bertz CT molecular complexity index is 1420. The van der Waals surface area contributed by atoms with Crippen molar-refractivity contribution in [1.82, 2.24) is 14.0 Å². The normalized spacial score (nSPS) is 17.3. The number of carbonyl (C=O) groups is 3. The lowest BCUT2D eigenvalue weighted by Crippen LogP contribution is -2.41. The summed E-state index contributed by atoms with van der Waals surface area (Å²) in [6.07, 6.45) is -5.05. The number of benzene rings is 1. The fourth-order valence-corrected chi connectivity index (χ4v) is 4.15. The van der Waals surface area contributed by atoms with E-state index in [1.165, 1.54) is 0 Å². The van der Waals surface area contributed by atoms with Crippen LogP contribution in [0, 0.1) is 5.82 Å². The van der Waals surface area contributed by atoms with Gasteiger partial charge in [-0.15, -0.1) is 0 Å². The first-order chi connectivity index (χ1) is 16.1. The number of carboxylic acid groups (broad SMARTS) is 2. The lowest BCUT2D eigenvalue weighted by molar-refractivity contribution is -0.145. The third-order valence-electron chi connectivity index (χ3n) is 4.55. The number of nitrogens with zero attached hydrogens (tertiary/aromatic N) is 4. The maximum atomic E-state index is 14.6. The highest BCUT2D eigenvalue weighted by atomic mass is 35.5. The van der Waals surface area contributed by atoms with Gasteiger partial charge < -0.3 is 10.2 Å². The summed E-state index contributed by atoms with van der Waals surface area (Å²) in [7, 11) is 0.715. The maximum Gasteiger partial charge on any atom is 0.431 e. The Kier molecular flexibility index (Phi) is 6.81. The number of hydrogen-bond donors (Lipinski definition) is 2. The summed E-state index contributed by atoms with van der Waals surface area (Å²) >= 11 is 6.29. The number of carboxylic acids is 2. The SMILES string of the molecule is Cn1c(C(F)(F)F)cc(=O)n(-c2cc(/N=C3\SC(C(=O)O)C(=O)N3CC(=O)O)c(Cl)cc2F)c1=O. The topological polar surface area (TPSA) is 151 Å². The van der Waals surface area contributed by atoms with Gasteiger partial charge in [-0.05, 0) is 12.1 Å². The van der Waals surface area contributed by atoms with Gasteiger partial charge in [-0.1, -0.05) is 23.4 Å². The van der Waals surface area contributed by atoms with Crippen molar-refractivity contribution >= 4 is 52.1 Å². The highest BCUT2D eigenvalue weighted by Gasteiger charge is 2.43. The minimum Gasteiger partial charge on any atom is -0.480 e. The minimum atomic E-state index is -5.05. The van der Waals surface area contributed by atoms with E-state index in [9.17, 15) is 41.5 Å². The number of aliphatic carboxylic acids is 2. The number of hydrogen-bond acceptors (Lipinski definition) is 7. The second kappa shape index (κ2) is 9.18. The lowest BCUT2D eigenvalue weighted by Gasteiger charge is -2.15. The monoisotopic (exact) mass is 538 g/mol. The van der Waals surface area contributed by atoms with Gasteiger partial charge in [-0.25, -0.2) is 18.7 Å². The molecule has 1 amide bonds. The molecule has 2 N–H and O–H groups in total. The van der Waals surface area contributed by atoms with Crippen molar-refractivity contribution < 1.29 is 42.2 Å². The van der Waals surface area contributed by atoms with Gasteiger partial charge in [0.25, 0.3) is 11.5 Å². The average Bonchev–Trinajstić information content (AvgIpc) is 3.02. The van der Waals surface area contributed by atoms with E-state index in [-0.39, 0.29) is 15.2 Å². The van der Waals surface area contributed by atoms with E-state index in [4.69, 9.17) is 21.8 Å². The van der Waals surface area contributed by atoms with Gasteiger partial charge in [0.1, 0.15) is 18.1 Å². The van der Waals surface area contributed by atoms with Gasteiger partial charge in [0.05, 0.1) is 16.4 Å². The van der Waals surface area contributed by atoms with Gasteiger partial charge in [-0.3, -0.25) is 28.6 Å². The van der Waals surface area contributed by atoms with Crippen LogP contribution in [0.3, 0.4) is 0 Å². The maximum absolute atomic E-state index is 14.6. The number of alkyl halides is 3. The van der Waals surface area contributed by atoms with Crippen molar-refractivity contribution in [1.29, 1.82) is 0 Å². The molecule has 2 aromatic rings. The van der Waals surface area contributed by atoms with Crippen LogP contribution in [0.5, 0.6) is 0 Å². The number of halogens is 5. The second-order valence-corrected chi connectivity index (χ2v) is 8.33. The van der Waals surface area contributed by atoms with Crippen molar-refractivity contribution in [2.75, 3.05) is 6.54 Å². The molecule has 11 nitrogen and oxygen atoms in total. The summed E-state index contributed by atoms with van der Waals surface area (Å²) in [6.45, 7) is -0.973. The van der Waals surface area contributed by atoms with Crippen LogP contribution in [0.4, 0.5) is 23.2 Å². The van der Waals surface area contributed by atoms with Crippen molar-refractivity contribution in [2.45, 2.75) is 11.4 Å². The fourth-order valence-electron chi connectivity index (χ4n) is 2.98. The zero-order valence-corrected chi connectivity index (χ0v) is 18.6. The quantitative estimate of drug-likeness (QED) is 0.429. The molecular formula is C18H11ClF4N4O7S. The Hall–Kier alpha value is -3.66. The fraction of sp³-hybridized carbons (Fsp3) is 0.222. The molecule has 0 saturated carbocycles. The molecule has 1 atom stereocenters. The van der Waals surface area contributed by atoms with Gasteiger partial charge in [0, 0.05) is 13.1 Å². The van der Waals surface area contributed by atoms with E-state index in [1.54, 1.807) is 0 Å². The molecule has 35 heavy (non-hydrogen) atoms. The Labute approximate surface area is 199 Å². The number of thioether (sulfide) groups is 1. The molecule has 0 radical (unpaired) electrons. The van der Waals surface area contributed by atoms with Gasteiger partial charge >= 0.3 is 23.8 Å². The van der Waals surface area contributed by atoms with Crippen LogP contribution in [-0.2, 0) is 27.6 Å². The van der Waals surface area contributed by atoms with Crippen LogP contribution in [-0.4, -0.2) is 59.1 Å². The van der Waals surface area contributed by atoms with E-state index in [2.05, 4.69) is 4.99 Å². The summed E-state index contributed by atoms with van der Waals surface area (Å²) in [6, 6.07) is 1.37. The molecule has 1 unspecified atom stereocenters. The highest BCUT2D eigenvalue weighted by Crippen LogP contribution is 2.34. The molecule has 0 bridgehead atoms. The van der Waals surface area contributed by atoms with Crippen LogP contribution in [0.1, 0.15) is 5.69 Å². The van der Waals surface area contributed by atoms with Crippen molar-refractivity contribution in [3.8, 4) is 5.69 Å². The van der Waals surface area contributed by atoms with Crippen molar-refractivity contribution in [3.05, 3.63) is 55.6 Å². The predicted octanol–water partition coefficient (Wildman–Crippen LogP) is 1.45. The van der Waals surface area contributed by atoms with Crippen LogP contribution in [0.2, 0.25) is 5.02 Å². The van der Waals surface area contributed by atoms with Crippen LogP contribution >= 0.6 is 23.4 Å². The number of amides is 1. The smallest absolute Gasteiger partial charge is 0.431 e. The number of carbonyl (C=O) groups excluding carboxylic acids is 1. The third kappa shape index (κ3) is 4.93. The standard InChI is InChI=1S/C18H11ClF4N4O7S/c1-25-10(18(21,22)23)4-11(28)27(17(25)34)9-3-8(6(19)2-7(9)20)24-16-26(5-12(29)30)14(31)13(35-16)15(32)33/h2-4,13H,5H2,1H3,(H,29,30)(H,32,33)/b24-16-. The first kappa shape index (κ1) is 26.0. The minimum absolute atomic E-state index is 0.0819. The number of rotatable bonds is 5. The molecule has 17 heteroatoms. The Morgan fingerprint density at radius 3 is 2.34 bits per heavy atom. The zero-order chi connectivity index (χ0) is 26.4. The first-order valence-corrected chi connectivity index (χ1v) is 10.3. The van der Waals surface area contributed by atoms with E-state index in [0.29, 0.717) is 35.8 Å². The largest absolute Gasteiger partial charge is 0.480 e. The summed E-state index contributed by atoms with van der Waals surface area (Å²) in [5.41, 5.74) is -5.93. The van der Waals surface area contributed by atoms with Crippen molar-refractivity contribution in [3.63, 3.8) is 0 Å². The lowest BCUT2D eigenvalue weighted by atomic mass is 10.2. The molecule has 1 saturated heterocycles. The van der Waals surface area contributed by atoms with E-state index in [1.807, 2.05) is 0 Å². The molecule has 0 aliphatic carbocycles. The molecule has 186 valence electrons. The number of aromatic nitrogens is 2. The van der Waals surface area contributed by atoms with Crippen LogP contribution in [0.25, 0.3) is 5.69 Å². The molecular weight excluding hydrogens is 528 g/mol. The third-order valence-corrected chi connectivity index (χ3v) is 6.01. The van der Waals surface area contributed by atoms with Crippen molar-refractivity contribution in [2.24, 2.45) is 12.0 Å². The zero-order valence-electron chi connectivity index (χ0n) is 17.0. The molecule has 1 fully saturated rings. The highest BCUT2D eigenvalue weighted by molar-refractivity contribution is 8.16. The molecule has 1 aliphatic heterocycles. The van der Waals surface area contributed by atoms with Crippen LogP contribution < -0.4 is 11.2 Å². The summed E-state index contributed by atoms with van der Waals surface area (Å²) in [4.78, 5) is 63.9. The number of amidine groups is 1. The van der Waals surface area contributed by atoms with Gasteiger partial charge in [0.2, 0.25) is 0 Å². The molecule has 2 heterocycles. The summed E-state index contributed by atoms with van der Waals surface area (Å²) in [5, 5.41) is 15.5. The van der Waals surface area contributed by atoms with E-state index in [0.717, 1.165) is 0 Å². The molecule has 1 aliphatic rings. The molecule has 0 spiro atoms. The molecule has 1 aromatic carbocycles. The Balaban J connectivity index is 2.21. The van der Waals surface area contributed by atoms with Gasteiger partial charge in [0.15, 0.2) is 10.4 Å². The van der Waals surface area contributed by atoms with E-state index < -0.39 is 80.1 Å². The average molecular weight is 539 g/mol.